The molecule has 6 nitrogen and oxygen atoms in total. The van der Waals surface area contributed by atoms with Gasteiger partial charge in [-0.05, 0) is 41.8 Å². The topological polar surface area (TPSA) is 53.1 Å². The summed E-state index contributed by atoms with van der Waals surface area (Å²) >= 11 is 0. The van der Waals surface area contributed by atoms with Gasteiger partial charge in [-0.2, -0.15) is 0 Å². The number of carbonyl (C=O) groups excluding carboxylic acids is 2. The van der Waals surface area contributed by atoms with E-state index in [0.29, 0.717) is 26.2 Å². The van der Waals surface area contributed by atoms with Crippen molar-refractivity contribution in [3.8, 4) is 5.75 Å². The number of para-hydroxylation sites is 1. The van der Waals surface area contributed by atoms with Gasteiger partial charge in [-0.15, -0.1) is 0 Å². The highest BCUT2D eigenvalue weighted by atomic mass is 16.5. The van der Waals surface area contributed by atoms with E-state index in [1.54, 1.807) is 7.11 Å². The number of fused-ring (bicyclic) bond motifs is 1. The maximum atomic E-state index is 13.5. The number of nitrogens with zero attached hydrogens (tertiary/aromatic N) is 3. The Balaban J connectivity index is 1.17. The van der Waals surface area contributed by atoms with Crippen molar-refractivity contribution in [1.82, 2.24) is 14.7 Å². The van der Waals surface area contributed by atoms with E-state index in [1.165, 1.54) is 6.42 Å². The fourth-order valence-electron chi connectivity index (χ4n) is 5.95. The smallest absolute Gasteiger partial charge is 0.253 e. The van der Waals surface area contributed by atoms with Crippen LogP contribution in [-0.2, 0) is 4.79 Å². The minimum Gasteiger partial charge on any atom is -0.496 e. The molecule has 2 aliphatic rings. The lowest BCUT2D eigenvalue weighted by Gasteiger charge is -2.36. The maximum Gasteiger partial charge on any atom is 0.253 e. The summed E-state index contributed by atoms with van der Waals surface area (Å²) in [6.45, 7) is 5.16. The summed E-state index contributed by atoms with van der Waals surface area (Å²) in [4.78, 5) is 33.1. The lowest BCUT2D eigenvalue weighted by atomic mass is 9.88. The Hall–Kier alpha value is -3.64. The van der Waals surface area contributed by atoms with Crippen LogP contribution >= 0.6 is 0 Å². The molecule has 0 radical (unpaired) electrons. The van der Waals surface area contributed by atoms with Gasteiger partial charge in [-0.1, -0.05) is 79.9 Å². The van der Waals surface area contributed by atoms with E-state index in [9.17, 15) is 9.59 Å². The van der Waals surface area contributed by atoms with Crippen molar-refractivity contribution in [2.75, 3.05) is 52.9 Å². The SMILES string of the molecule is COc1ccccc1/C=C/CN(CCN1CCN(C(=O)c2ccc3ccccc3c2)CC1)C(=O)C1CCCCC1. The zero-order valence-corrected chi connectivity index (χ0v) is 23.6. The Bertz CT molecular complexity index is 1320. The second-order valence-corrected chi connectivity index (χ2v) is 11.0. The molecule has 1 saturated heterocycles. The summed E-state index contributed by atoms with van der Waals surface area (Å²) in [5.41, 5.74) is 1.76. The number of rotatable bonds is 9. The Morgan fingerprint density at radius 1 is 0.900 bits per heavy atom. The molecule has 2 amide bonds. The second kappa shape index (κ2) is 13.6. The molecular formula is C34H41N3O3. The largest absolute Gasteiger partial charge is 0.496 e. The second-order valence-electron chi connectivity index (χ2n) is 11.0. The molecule has 6 heteroatoms. The van der Waals surface area contributed by atoms with Gasteiger partial charge in [0.1, 0.15) is 5.75 Å². The quantitative estimate of drug-likeness (QED) is 0.349. The first-order valence-electron chi connectivity index (χ1n) is 14.7. The molecule has 0 aromatic heterocycles. The van der Waals surface area contributed by atoms with Crippen LogP contribution < -0.4 is 4.74 Å². The Morgan fingerprint density at radius 3 is 2.40 bits per heavy atom. The third-order valence-corrected chi connectivity index (χ3v) is 8.37. The Morgan fingerprint density at radius 2 is 1.62 bits per heavy atom. The predicted molar refractivity (Wildman–Crippen MR) is 161 cm³/mol. The average Bonchev–Trinajstić information content (AvgIpc) is 3.02. The molecule has 1 heterocycles. The van der Waals surface area contributed by atoms with Crippen molar-refractivity contribution in [1.29, 1.82) is 0 Å². The van der Waals surface area contributed by atoms with Crippen LogP contribution in [0.15, 0.2) is 72.8 Å². The van der Waals surface area contributed by atoms with Crippen molar-refractivity contribution in [3.63, 3.8) is 0 Å². The summed E-state index contributed by atoms with van der Waals surface area (Å²) in [6.07, 6.45) is 9.67. The number of benzene rings is 3. The predicted octanol–water partition coefficient (Wildman–Crippen LogP) is 5.73. The highest BCUT2D eigenvalue weighted by molar-refractivity contribution is 5.98. The molecule has 40 heavy (non-hydrogen) atoms. The van der Waals surface area contributed by atoms with Gasteiger partial charge in [-0.3, -0.25) is 14.5 Å². The number of hydrogen-bond donors (Lipinski definition) is 0. The molecule has 3 aromatic rings. The van der Waals surface area contributed by atoms with Crippen molar-refractivity contribution in [2.45, 2.75) is 32.1 Å². The van der Waals surface area contributed by atoms with E-state index >= 15 is 0 Å². The first-order valence-corrected chi connectivity index (χ1v) is 14.7. The molecule has 1 aliphatic heterocycles. The van der Waals surface area contributed by atoms with Gasteiger partial charge in [0.05, 0.1) is 7.11 Å². The van der Waals surface area contributed by atoms with Crippen LogP contribution in [0.25, 0.3) is 16.8 Å². The van der Waals surface area contributed by atoms with Crippen molar-refractivity contribution >= 4 is 28.7 Å². The maximum absolute atomic E-state index is 13.5. The van der Waals surface area contributed by atoms with E-state index in [1.807, 2.05) is 64.4 Å². The fraction of sp³-hybridized carbons (Fsp3) is 0.412. The summed E-state index contributed by atoms with van der Waals surface area (Å²) in [7, 11) is 1.68. The van der Waals surface area contributed by atoms with Crippen LogP contribution in [0.3, 0.4) is 0 Å². The van der Waals surface area contributed by atoms with E-state index in [2.05, 4.69) is 29.2 Å². The molecule has 0 N–H and O–H groups in total. The van der Waals surface area contributed by atoms with Gasteiger partial charge in [0.25, 0.3) is 5.91 Å². The lowest BCUT2D eigenvalue weighted by Crippen LogP contribution is -2.51. The Labute approximate surface area is 238 Å². The van der Waals surface area contributed by atoms with Crippen molar-refractivity contribution < 1.29 is 14.3 Å². The van der Waals surface area contributed by atoms with Crippen LogP contribution in [0, 0.1) is 5.92 Å². The molecule has 0 bridgehead atoms. The molecule has 1 saturated carbocycles. The monoisotopic (exact) mass is 539 g/mol. The van der Waals surface area contributed by atoms with E-state index in [0.717, 1.165) is 73.0 Å². The van der Waals surface area contributed by atoms with Crippen LogP contribution in [0.5, 0.6) is 5.75 Å². The standard InChI is InChI=1S/C34H41N3O3/c1-40-32-16-8-7-11-28(32)15-9-19-36(33(38)29-12-3-2-4-13-29)23-20-35-21-24-37(25-22-35)34(39)31-18-17-27-10-5-6-14-30(27)26-31/h5-11,14-18,26,29H,2-4,12-13,19-25H2,1H3/b15-9+. The number of piperazine rings is 1. The molecule has 2 fully saturated rings. The number of methoxy groups -OCH3 is 1. The van der Waals surface area contributed by atoms with E-state index in [-0.39, 0.29) is 17.7 Å². The summed E-state index contributed by atoms with van der Waals surface area (Å²) in [5, 5.41) is 2.24. The fourth-order valence-corrected chi connectivity index (χ4v) is 5.95. The minimum absolute atomic E-state index is 0.0981. The molecule has 3 aromatic carbocycles. The van der Waals surface area contributed by atoms with Crippen molar-refractivity contribution in [2.24, 2.45) is 5.92 Å². The van der Waals surface area contributed by atoms with Crippen LogP contribution in [-0.4, -0.2) is 79.4 Å². The lowest BCUT2D eigenvalue weighted by molar-refractivity contribution is -0.136. The zero-order chi connectivity index (χ0) is 27.7. The van der Waals surface area contributed by atoms with E-state index in [4.69, 9.17) is 4.74 Å². The molecular weight excluding hydrogens is 498 g/mol. The normalized spacial score (nSPS) is 16.9. The molecule has 1 aliphatic carbocycles. The molecule has 0 spiro atoms. The zero-order valence-electron chi connectivity index (χ0n) is 23.6. The number of hydrogen-bond acceptors (Lipinski definition) is 4. The number of ether oxygens (including phenoxy) is 1. The van der Waals surface area contributed by atoms with Gasteiger partial charge < -0.3 is 14.5 Å². The first kappa shape index (κ1) is 27.9. The van der Waals surface area contributed by atoms with Crippen LogP contribution in [0.2, 0.25) is 0 Å². The van der Waals surface area contributed by atoms with Gasteiger partial charge >= 0.3 is 0 Å². The number of amides is 2. The highest BCUT2D eigenvalue weighted by Crippen LogP contribution is 2.26. The summed E-state index contributed by atoms with van der Waals surface area (Å²) < 4.78 is 5.48. The van der Waals surface area contributed by atoms with Gasteiger partial charge in [0.2, 0.25) is 5.91 Å². The molecule has 210 valence electrons. The Kier molecular flexibility index (Phi) is 9.50. The van der Waals surface area contributed by atoms with Crippen LogP contribution in [0.4, 0.5) is 0 Å². The molecule has 5 rings (SSSR count). The minimum atomic E-state index is 0.0981. The van der Waals surface area contributed by atoms with E-state index < -0.39 is 0 Å². The van der Waals surface area contributed by atoms with Crippen LogP contribution in [0.1, 0.15) is 48.0 Å². The van der Waals surface area contributed by atoms with Crippen molar-refractivity contribution in [3.05, 3.63) is 83.9 Å². The average molecular weight is 540 g/mol. The molecule has 0 unspecified atom stereocenters. The summed E-state index contributed by atoms with van der Waals surface area (Å²) in [5.74, 6) is 1.36. The van der Waals surface area contributed by atoms with Gasteiger partial charge in [-0.25, -0.2) is 0 Å². The first-order chi connectivity index (χ1) is 19.6. The third kappa shape index (κ3) is 6.92. The number of carbonyl (C=O) groups is 2. The molecule has 0 atom stereocenters. The summed E-state index contributed by atoms with van der Waals surface area (Å²) in [6, 6.07) is 22.0. The van der Waals surface area contributed by atoms with Gasteiger partial charge in [0.15, 0.2) is 0 Å². The highest BCUT2D eigenvalue weighted by Gasteiger charge is 2.27. The third-order valence-electron chi connectivity index (χ3n) is 8.37. The van der Waals surface area contributed by atoms with Gasteiger partial charge in [0, 0.05) is 62.9 Å².